The molecule has 1 aliphatic rings. The van der Waals surface area contributed by atoms with E-state index >= 15 is 0 Å². The molecule has 0 aromatic rings. The van der Waals surface area contributed by atoms with Gasteiger partial charge in [0, 0.05) is 31.1 Å². The summed E-state index contributed by atoms with van der Waals surface area (Å²) in [6.45, 7) is 3.33. The maximum Gasteiger partial charge on any atom is 0.469 e. The van der Waals surface area contributed by atoms with Crippen LogP contribution in [-0.2, 0) is 32.9 Å². The average molecular weight is 771 g/mol. The number of aliphatic hydroxyl groups is 2. The molecule has 1 saturated carbocycles. The van der Waals surface area contributed by atoms with Crippen LogP contribution in [0.15, 0.2) is 36.5 Å². The smallest absolute Gasteiger partial charge is 0.462 e. The molecule has 4 N–H and O–H groups in total. The molecule has 0 unspecified atom stereocenters. The fourth-order valence-electron chi connectivity index (χ4n) is 6.35. The summed E-state index contributed by atoms with van der Waals surface area (Å²) in [5.41, 5.74) is 0. The summed E-state index contributed by atoms with van der Waals surface area (Å²) in [5.74, 6) is -1.84. The van der Waals surface area contributed by atoms with Gasteiger partial charge in [-0.3, -0.25) is 18.9 Å². The number of unbranched alkanes of at least 4 members (excludes halogenated alkanes) is 14. The highest BCUT2D eigenvalue weighted by Gasteiger charge is 2.39. The van der Waals surface area contributed by atoms with Gasteiger partial charge in [-0.25, -0.2) is 4.57 Å². The normalized spacial score (nSPS) is 19.1. The highest BCUT2D eigenvalue weighted by atomic mass is 31.2. The van der Waals surface area contributed by atoms with Crippen molar-refractivity contribution in [3.63, 3.8) is 0 Å². The zero-order valence-electron chi connectivity index (χ0n) is 32.6. The van der Waals surface area contributed by atoms with Crippen molar-refractivity contribution in [2.75, 3.05) is 13.2 Å². The average Bonchev–Trinajstić information content (AvgIpc) is 3.38. The van der Waals surface area contributed by atoms with Crippen molar-refractivity contribution in [1.82, 2.24) is 0 Å². The minimum atomic E-state index is -4.83. The van der Waals surface area contributed by atoms with E-state index in [1.807, 2.05) is 12.2 Å². The minimum absolute atomic E-state index is 0.0156. The van der Waals surface area contributed by atoms with Crippen LogP contribution < -0.4 is 0 Å². The Kier molecular flexibility index (Phi) is 28.7. The standard InChI is InChI=1S/C41H71O11P/c1-3-5-7-8-9-10-11-12-13-14-15-16-17-18-23-27-40(45)50-32-35(33-51-53(47,48)49)52-41(46)28-24-20-19-22-26-36-37(39(44)31-38(36)43)30-29-34(42)25-21-6-4-2/h10-11,19,22,29-30,34-37,39,42,44H,3-9,12-18,20-21,23-28,31-33H2,1-2H3,(H2,47,48,49)/b11-10-,22-19-,30-29+/t34-,35+,36+,37+,39+/m0/s1. The maximum atomic E-state index is 12.5. The van der Waals surface area contributed by atoms with E-state index in [9.17, 15) is 29.2 Å². The molecular formula is C41H71O11P. The summed E-state index contributed by atoms with van der Waals surface area (Å²) in [7, 11) is -4.83. The first-order valence-corrected chi connectivity index (χ1v) is 21.9. The van der Waals surface area contributed by atoms with E-state index in [0.717, 1.165) is 44.9 Å². The van der Waals surface area contributed by atoms with Crippen LogP contribution in [-0.4, -0.2) is 69.2 Å². The molecule has 0 aromatic carbocycles. The molecule has 1 rings (SSSR count). The Morgan fingerprint density at radius 3 is 2.00 bits per heavy atom. The van der Waals surface area contributed by atoms with Crippen molar-refractivity contribution in [1.29, 1.82) is 0 Å². The lowest BCUT2D eigenvalue weighted by atomic mass is 9.90. The number of allylic oxidation sites excluding steroid dienone is 4. The first kappa shape index (κ1) is 48.9. The predicted molar refractivity (Wildman–Crippen MR) is 208 cm³/mol. The van der Waals surface area contributed by atoms with Gasteiger partial charge in [0.2, 0.25) is 0 Å². The highest BCUT2D eigenvalue weighted by molar-refractivity contribution is 7.46. The number of hydrogen-bond acceptors (Lipinski definition) is 9. The zero-order chi connectivity index (χ0) is 39.2. The third-order valence-electron chi connectivity index (χ3n) is 9.50. The Hall–Kier alpha value is -2.14. The molecule has 306 valence electrons. The van der Waals surface area contributed by atoms with Crippen molar-refractivity contribution in [3.8, 4) is 0 Å². The van der Waals surface area contributed by atoms with Crippen molar-refractivity contribution < 1.29 is 52.9 Å². The van der Waals surface area contributed by atoms with Crippen LogP contribution in [0.2, 0.25) is 0 Å². The monoisotopic (exact) mass is 770 g/mol. The number of Topliss-reactive ketones (excluding diaryl/α,β-unsaturated/α-hetero) is 1. The number of aliphatic hydroxyl groups excluding tert-OH is 2. The number of phosphoric acid groups is 1. The number of hydrogen-bond donors (Lipinski definition) is 4. The molecule has 0 saturated heterocycles. The molecule has 0 radical (unpaired) electrons. The van der Waals surface area contributed by atoms with Gasteiger partial charge in [-0.2, -0.15) is 0 Å². The van der Waals surface area contributed by atoms with E-state index in [1.54, 1.807) is 12.2 Å². The number of ketones is 1. The van der Waals surface area contributed by atoms with Gasteiger partial charge in [-0.1, -0.05) is 121 Å². The summed E-state index contributed by atoms with van der Waals surface area (Å²) in [6.07, 6.45) is 29.4. The van der Waals surface area contributed by atoms with Crippen molar-refractivity contribution in [2.24, 2.45) is 11.8 Å². The van der Waals surface area contributed by atoms with Gasteiger partial charge in [0.15, 0.2) is 6.10 Å². The first-order chi connectivity index (χ1) is 25.5. The predicted octanol–water partition coefficient (Wildman–Crippen LogP) is 8.77. The third-order valence-corrected chi connectivity index (χ3v) is 9.99. The summed E-state index contributed by atoms with van der Waals surface area (Å²) in [4.78, 5) is 55.5. The molecule has 12 heteroatoms. The largest absolute Gasteiger partial charge is 0.469 e. The second-order valence-corrected chi connectivity index (χ2v) is 15.6. The second-order valence-electron chi connectivity index (χ2n) is 14.4. The van der Waals surface area contributed by atoms with Crippen LogP contribution in [0.3, 0.4) is 0 Å². The molecule has 0 aromatic heterocycles. The Labute approximate surface area is 319 Å². The molecule has 53 heavy (non-hydrogen) atoms. The number of carbonyl (C=O) groups is 3. The molecule has 1 fully saturated rings. The van der Waals surface area contributed by atoms with Crippen LogP contribution in [0, 0.1) is 11.8 Å². The highest BCUT2D eigenvalue weighted by Crippen LogP contribution is 2.36. The van der Waals surface area contributed by atoms with Crippen molar-refractivity contribution >= 4 is 25.5 Å². The molecule has 0 amide bonds. The topological polar surface area (TPSA) is 177 Å². The molecule has 11 nitrogen and oxygen atoms in total. The van der Waals surface area contributed by atoms with Crippen LogP contribution >= 0.6 is 7.82 Å². The SMILES string of the molecule is CCCCCC/C=C\CCCCCCCCCC(=O)OC[C@H](COP(=O)(O)O)OC(=O)CCC/C=C\C[C@H]1C(=O)C[C@@H](O)[C@@H]1/C=C/[C@@H](O)CCCCC. The van der Waals surface area contributed by atoms with Crippen LogP contribution in [0.4, 0.5) is 0 Å². The van der Waals surface area contributed by atoms with E-state index in [-0.39, 0.29) is 43.5 Å². The van der Waals surface area contributed by atoms with Crippen LogP contribution in [0.5, 0.6) is 0 Å². The lowest BCUT2D eigenvalue weighted by Crippen LogP contribution is -2.29. The molecule has 0 bridgehead atoms. The van der Waals surface area contributed by atoms with Gasteiger partial charge in [-0.15, -0.1) is 0 Å². The van der Waals surface area contributed by atoms with Gasteiger partial charge in [0.1, 0.15) is 12.4 Å². The number of ether oxygens (including phenoxy) is 2. The van der Waals surface area contributed by atoms with Crippen LogP contribution in [0.1, 0.15) is 162 Å². The van der Waals surface area contributed by atoms with Crippen molar-refractivity contribution in [2.45, 2.75) is 180 Å². The Morgan fingerprint density at radius 1 is 0.774 bits per heavy atom. The van der Waals surface area contributed by atoms with E-state index in [4.69, 9.17) is 19.3 Å². The Balaban J connectivity index is 2.32. The number of phosphoric ester groups is 1. The summed E-state index contributed by atoms with van der Waals surface area (Å²) < 4.78 is 26.3. The maximum absolute atomic E-state index is 12.5. The fourth-order valence-corrected chi connectivity index (χ4v) is 6.71. The fraction of sp³-hybridized carbons (Fsp3) is 0.780. The van der Waals surface area contributed by atoms with Gasteiger partial charge in [0.05, 0.1) is 18.8 Å². The van der Waals surface area contributed by atoms with Crippen molar-refractivity contribution in [3.05, 3.63) is 36.5 Å². The third kappa shape index (κ3) is 27.1. The molecule has 0 heterocycles. The first-order valence-electron chi connectivity index (χ1n) is 20.4. The summed E-state index contributed by atoms with van der Waals surface area (Å²) in [5, 5.41) is 20.6. The second kappa shape index (κ2) is 31.1. The molecule has 0 aliphatic heterocycles. The minimum Gasteiger partial charge on any atom is -0.462 e. The van der Waals surface area contributed by atoms with Gasteiger partial charge in [0.25, 0.3) is 0 Å². The molecule has 1 aliphatic carbocycles. The molecule has 5 atom stereocenters. The zero-order valence-corrected chi connectivity index (χ0v) is 33.5. The number of rotatable bonds is 33. The van der Waals surface area contributed by atoms with Crippen LogP contribution in [0.25, 0.3) is 0 Å². The quantitative estimate of drug-likeness (QED) is 0.0217. The van der Waals surface area contributed by atoms with E-state index in [1.165, 1.54) is 51.4 Å². The molecule has 0 spiro atoms. The van der Waals surface area contributed by atoms with Gasteiger partial charge in [-0.05, 0) is 57.8 Å². The Morgan fingerprint density at radius 2 is 1.34 bits per heavy atom. The van der Waals surface area contributed by atoms with E-state index in [2.05, 4.69) is 30.5 Å². The van der Waals surface area contributed by atoms with E-state index in [0.29, 0.717) is 32.1 Å². The summed E-state index contributed by atoms with van der Waals surface area (Å²) >= 11 is 0. The number of esters is 2. The Bertz CT molecular complexity index is 1120. The molecular weight excluding hydrogens is 699 g/mol. The lowest BCUT2D eigenvalue weighted by molar-refractivity contribution is -0.161. The summed E-state index contributed by atoms with van der Waals surface area (Å²) in [6, 6.07) is 0. The lowest BCUT2D eigenvalue weighted by Gasteiger charge is -2.18. The van der Waals surface area contributed by atoms with Gasteiger partial charge >= 0.3 is 19.8 Å². The number of carbonyl (C=O) groups excluding carboxylic acids is 3. The van der Waals surface area contributed by atoms with E-state index < -0.39 is 44.7 Å². The van der Waals surface area contributed by atoms with Gasteiger partial charge < -0.3 is 29.5 Å².